The van der Waals surface area contributed by atoms with Gasteiger partial charge in [-0.2, -0.15) is 0 Å². The molecule has 0 atom stereocenters. The molecular weight excluding hydrogens is 305 g/mol. The Morgan fingerprint density at radius 3 is 2.54 bits per heavy atom. The Morgan fingerprint density at radius 2 is 1.88 bits per heavy atom. The highest BCUT2D eigenvalue weighted by atomic mass is 19.1. The zero-order chi connectivity index (χ0) is 17.3. The minimum atomic E-state index is -0.271. The number of H-pyrrole nitrogens is 1. The van der Waals surface area contributed by atoms with Crippen molar-refractivity contribution in [3.8, 4) is 29.2 Å². The highest BCUT2D eigenvalue weighted by molar-refractivity contribution is 5.97. The van der Waals surface area contributed by atoms with Gasteiger partial charge < -0.3 is 9.72 Å². The minimum Gasteiger partial charge on any atom is -0.481 e. The quantitative estimate of drug-likeness (QED) is 0.742. The van der Waals surface area contributed by atoms with E-state index in [2.05, 4.69) is 10.9 Å². The molecule has 3 aromatic rings. The Hall–Kier alpha value is -3.06. The van der Waals surface area contributed by atoms with Crippen molar-refractivity contribution >= 4 is 10.8 Å². The molecule has 4 heteroatoms. The maximum atomic E-state index is 13.6. The number of fused-ring (bicyclic) bond motifs is 1. The van der Waals surface area contributed by atoms with Crippen LogP contribution in [0.2, 0.25) is 0 Å². The molecule has 0 aliphatic rings. The van der Waals surface area contributed by atoms with Gasteiger partial charge in [-0.15, -0.1) is 6.42 Å². The SMILES string of the molecule is C#CCOc1ccc2c(-c3c(C)cc(F)cc3C)c[nH]c(=O)c2c1. The molecule has 0 aliphatic carbocycles. The van der Waals surface area contributed by atoms with Gasteiger partial charge in [0.05, 0.1) is 5.39 Å². The van der Waals surface area contributed by atoms with E-state index >= 15 is 0 Å². The fourth-order valence-corrected chi connectivity index (χ4v) is 3.00. The molecule has 0 saturated heterocycles. The summed E-state index contributed by atoms with van der Waals surface area (Å²) in [6.45, 7) is 3.85. The van der Waals surface area contributed by atoms with Gasteiger partial charge in [0, 0.05) is 11.8 Å². The molecule has 0 spiro atoms. The van der Waals surface area contributed by atoms with E-state index in [4.69, 9.17) is 11.2 Å². The van der Waals surface area contributed by atoms with Gasteiger partial charge >= 0.3 is 0 Å². The summed E-state index contributed by atoms with van der Waals surface area (Å²) in [5.74, 6) is 2.66. The number of aromatic nitrogens is 1. The summed E-state index contributed by atoms with van der Waals surface area (Å²) in [6.07, 6.45) is 6.86. The maximum Gasteiger partial charge on any atom is 0.255 e. The number of rotatable bonds is 3. The molecule has 0 saturated carbocycles. The number of terminal acetylenes is 1. The lowest BCUT2D eigenvalue weighted by molar-refractivity contribution is 0.371. The first-order chi connectivity index (χ1) is 11.5. The number of halogens is 1. The number of hydrogen-bond acceptors (Lipinski definition) is 2. The predicted octanol–water partition coefficient (Wildman–Crippen LogP) is 3.96. The van der Waals surface area contributed by atoms with E-state index in [1.807, 2.05) is 19.9 Å². The summed E-state index contributed by atoms with van der Waals surface area (Å²) in [5, 5.41) is 1.29. The monoisotopic (exact) mass is 321 g/mol. The number of ether oxygens (including phenoxy) is 1. The first-order valence-electron chi connectivity index (χ1n) is 7.50. The molecule has 120 valence electrons. The normalized spacial score (nSPS) is 10.6. The van der Waals surface area contributed by atoms with Crippen LogP contribution in [0.1, 0.15) is 11.1 Å². The van der Waals surface area contributed by atoms with Crippen LogP contribution in [0.5, 0.6) is 5.75 Å². The second-order valence-electron chi connectivity index (χ2n) is 5.65. The number of pyridine rings is 1. The Bertz CT molecular complexity index is 1000. The van der Waals surface area contributed by atoms with Gasteiger partial charge in [0.25, 0.3) is 5.56 Å². The van der Waals surface area contributed by atoms with Crippen LogP contribution in [0.25, 0.3) is 21.9 Å². The average Bonchev–Trinajstić information content (AvgIpc) is 2.54. The fourth-order valence-electron chi connectivity index (χ4n) is 3.00. The lowest BCUT2D eigenvalue weighted by Gasteiger charge is -2.13. The molecule has 0 aliphatic heterocycles. The number of hydrogen-bond donors (Lipinski definition) is 1. The smallest absolute Gasteiger partial charge is 0.255 e. The van der Waals surface area contributed by atoms with Crippen molar-refractivity contribution in [3.63, 3.8) is 0 Å². The predicted molar refractivity (Wildman–Crippen MR) is 93.8 cm³/mol. The molecule has 0 radical (unpaired) electrons. The van der Waals surface area contributed by atoms with Crippen LogP contribution in [-0.2, 0) is 0 Å². The minimum absolute atomic E-state index is 0.138. The van der Waals surface area contributed by atoms with Crippen LogP contribution >= 0.6 is 0 Å². The van der Waals surface area contributed by atoms with Crippen LogP contribution in [-0.4, -0.2) is 11.6 Å². The van der Waals surface area contributed by atoms with Crippen LogP contribution in [0.15, 0.2) is 41.3 Å². The maximum absolute atomic E-state index is 13.6. The summed E-state index contributed by atoms with van der Waals surface area (Å²) in [4.78, 5) is 14.9. The van der Waals surface area contributed by atoms with Crippen molar-refractivity contribution in [1.82, 2.24) is 4.98 Å². The van der Waals surface area contributed by atoms with Gasteiger partial charge in [-0.3, -0.25) is 4.79 Å². The van der Waals surface area contributed by atoms with Crippen molar-refractivity contribution in [3.05, 3.63) is 63.8 Å². The van der Waals surface area contributed by atoms with Crippen molar-refractivity contribution in [2.75, 3.05) is 6.61 Å². The zero-order valence-corrected chi connectivity index (χ0v) is 13.4. The molecule has 24 heavy (non-hydrogen) atoms. The van der Waals surface area contributed by atoms with Crippen LogP contribution in [0.3, 0.4) is 0 Å². The lowest BCUT2D eigenvalue weighted by atomic mass is 9.93. The summed E-state index contributed by atoms with van der Waals surface area (Å²) in [6, 6.07) is 8.25. The van der Waals surface area contributed by atoms with Gasteiger partial charge in [0.1, 0.15) is 18.2 Å². The number of nitrogens with one attached hydrogen (secondary N) is 1. The van der Waals surface area contributed by atoms with Gasteiger partial charge in [-0.1, -0.05) is 5.92 Å². The third-order valence-corrected chi connectivity index (χ3v) is 3.96. The van der Waals surface area contributed by atoms with Crippen molar-refractivity contribution < 1.29 is 9.13 Å². The average molecular weight is 321 g/mol. The number of benzene rings is 2. The number of aromatic amines is 1. The lowest BCUT2D eigenvalue weighted by Crippen LogP contribution is -2.07. The molecule has 1 N–H and O–H groups in total. The van der Waals surface area contributed by atoms with Crippen LogP contribution in [0.4, 0.5) is 4.39 Å². The molecular formula is C20H16FNO2. The van der Waals surface area contributed by atoms with Crippen molar-refractivity contribution in [2.45, 2.75) is 13.8 Å². The standard InChI is InChI=1S/C20H16FNO2/c1-4-7-24-15-5-6-16-17(10-15)20(23)22-11-18(16)19-12(2)8-14(21)9-13(19)3/h1,5-6,8-11H,7H2,2-3H3,(H,22,23). The summed E-state index contributed by atoms with van der Waals surface area (Å²) in [5.41, 5.74) is 3.18. The first-order valence-corrected chi connectivity index (χ1v) is 7.50. The van der Waals surface area contributed by atoms with E-state index in [1.54, 1.807) is 18.3 Å². The van der Waals surface area contributed by atoms with E-state index < -0.39 is 0 Å². The van der Waals surface area contributed by atoms with Crippen molar-refractivity contribution in [2.24, 2.45) is 0 Å². The highest BCUT2D eigenvalue weighted by Gasteiger charge is 2.13. The van der Waals surface area contributed by atoms with E-state index in [-0.39, 0.29) is 18.0 Å². The van der Waals surface area contributed by atoms with Gasteiger partial charge in [0.2, 0.25) is 0 Å². The third kappa shape index (κ3) is 2.77. The molecule has 0 fully saturated rings. The Balaban J connectivity index is 2.26. The molecule has 1 aromatic heterocycles. The van der Waals surface area contributed by atoms with Crippen molar-refractivity contribution in [1.29, 1.82) is 0 Å². The van der Waals surface area contributed by atoms with Gasteiger partial charge in [0.15, 0.2) is 0 Å². The second-order valence-corrected chi connectivity index (χ2v) is 5.65. The summed E-state index contributed by atoms with van der Waals surface area (Å²) >= 11 is 0. The second kappa shape index (κ2) is 6.21. The molecule has 3 nitrogen and oxygen atoms in total. The molecule has 3 rings (SSSR count). The van der Waals surface area contributed by atoms with E-state index in [0.29, 0.717) is 11.1 Å². The summed E-state index contributed by atoms with van der Waals surface area (Å²) in [7, 11) is 0. The fraction of sp³-hybridized carbons (Fsp3) is 0.150. The topological polar surface area (TPSA) is 42.1 Å². The third-order valence-electron chi connectivity index (χ3n) is 3.96. The van der Waals surface area contributed by atoms with Gasteiger partial charge in [-0.05, 0) is 66.3 Å². The van der Waals surface area contributed by atoms with Crippen LogP contribution < -0.4 is 10.3 Å². The van der Waals surface area contributed by atoms with Crippen LogP contribution in [0, 0.1) is 32.0 Å². The zero-order valence-electron chi connectivity index (χ0n) is 13.4. The Morgan fingerprint density at radius 1 is 1.17 bits per heavy atom. The highest BCUT2D eigenvalue weighted by Crippen LogP contribution is 2.33. The molecule has 0 amide bonds. The molecule has 2 aromatic carbocycles. The number of aryl methyl sites for hydroxylation is 2. The molecule has 0 bridgehead atoms. The molecule has 0 unspecified atom stereocenters. The molecule has 1 heterocycles. The summed E-state index contributed by atoms with van der Waals surface area (Å²) < 4.78 is 19.0. The van der Waals surface area contributed by atoms with E-state index in [1.165, 1.54) is 12.1 Å². The largest absolute Gasteiger partial charge is 0.481 e. The Labute approximate surface area is 139 Å². The van der Waals surface area contributed by atoms with Gasteiger partial charge in [-0.25, -0.2) is 4.39 Å². The van der Waals surface area contributed by atoms with E-state index in [0.717, 1.165) is 27.6 Å². The first kappa shape index (κ1) is 15.8. The van der Waals surface area contributed by atoms with E-state index in [9.17, 15) is 9.18 Å². The Kier molecular flexibility index (Phi) is 4.09.